The van der Waals surface area contributed by atoms with Gasteiger partial charge in [0.05, 0.1) is 11.3 Å². The summed E-state index contributed by atoms with van der Waals surface area (Å²) in [6.45, 7) is 4.13. The van der Waals surface area contributed by atoms with Crippen molar-refractivity contribution in [3.63, 3.8) is 0 Å². The third kappa shape index (κ3) is 2.11. The minimum atomic E-state index is 0.0543. The lowest BCUT2D eigenvalue weighted by Gasteiger charge is -2.14. The van der Waals surface area contributed by atoms with Crippen molar-refractivity contribution in [2.75, 3.05) is 5.32 Å². The lowest BCUT2D eigenvalue weighted by atomic mass is 9.96. The molecule has 102 valence electrons. The molecule has 19 heavy (non-hydrogen) atoms. The zero-order valence-electron chi connectivity index (χ0n) is 11.7. The van der Waals surface area contributed by atoms with Gasteiger partial charge in [-0.25, -0.2) is 0 Å². The Hall–Kier alpha value is -1.51. The Morgan fingerprint density at radius 2 is 2.32 bits per heavy atom. The summed E-state index contributed by atoms with van der Waals surface area (Å²) < 4.78 is 0. The predicted molar refractivity (Wildman–Crippen MR) is 77.7 cm³/mol. The van der Waals surface area contributed by atoms with E-state index in [4.69, 9.17) is 0 Å². The molecular formula is C16H22N2O. The molecule has 1 aliphatic carbocycles. The van der Waals surface area contributed by atoms with Gasteiger partial charge in [-0.2, -0.15) is 0 Å². The maximum Gasteiger partial charge on any atom is 0.253 e. The molecule has 2 aliphatic rings. The number of amides is 1. The average molecular weight is 258 g/mol. The van der Waals surface area contributed by atoms with Crippen LogP contribution in [0.5, 0.6) is 0 Å². The highest BCUT2D eigenvalue weighted by Gasteiger charge is 2.37. The van der Waals surface area contributed by atoms with Gasteiger partial charge in [-0.15, -0.1) is 0 Å². The lowest BCUT2D eigenvalue weighted by molar-refractivity contribution is 0.0940. The Morgan fingerprint density at radius 3 is 3.11 bits per heavy atom. The van der Waals surface area contributed by atoms with E-state index in [1.807, 2.05) is 19.1 Å². The maximum atomic E-state index is 12.3. The number of hydrogen-bond acceptors (Lipinski definition) is 2. The van der Waals surface area contributed by atoms with Gasteiger partial charge in [-0.1, -0.05) is 25.5 Å². The largest absolute Gasteiger partial charge is 0.381 e. The Labute approximate surface area is 114 Å². The van der Waals surface area contributed by atoms with Crippen LogP contribution in [0, 0.1) is 0 Å². The summed E-state index contributed by atoms with van der Waals surface area (Å²) in [7, 11) is 0. The number of benzene rings is 1. The van der Waals surface area contributed by atoms with Gasteiger partial charge < -0.3 is 10.6 Å². The van der Waals surface area contributed by atoms with Crippen molar-refractivity contribution in [1.82, 2.24) is 5.32 Å². The fourth-order valence-corrected chi connectivity index (χ4v) is 3.32. The maximum absolute atomic E-state index is 12.3. The molecule has 3 atom stereocenters. The van der Waals surface area contributed by atoms with Crippen molar-refractivity contribution < 1.29 is 4.79 Å². The van der Waals surface area contributed by atoms with Crippen molar-refractivity contribution in [2.45, 2.75) is 57.5 Å². The molecule has 2 N–H and O–H groups in total. The molecule has 0 aromatic heterocycles. The van der Waals surface area contributed by atoms with E-state index in [-0.39, 0.29) is 11.9 Å². The van der Waals surface area contributed by atoms with E-state index >= 15 is 0 Å². The molecule has 2 unspecified atom stereocenters. The van der Waals surface area contributed by atoms with E-state index in [0.29, 0.717) is 12.0 Å². The van der Waals surface area contributed by atoms with Gasteiger partial charge in [0.1, 0.15) is 0 Å². The van der Waals surface area contributed by atoms with Crippen LogP contribution in [0.4, 0.5) is 5.69 Å². The Morgan fingerprint density at radius 1 is 1.47 bits per heavy atom. The van der Waals surface area contributed by atoms with Gasteiger partial charge in [0.25, 0.3) is 5.91 Å². The van der Waals surface area contributed by atoms with E-state index in [1.165, 1.54) is 24.8 Å². The quantitative estimate of drug-likeness (QED) is 0.873. The average Bonchev–Trinajstić information content (AvgIpc) is 2.98. The summed E-state index contributed by atoms with van der Waals surface area (Å²) in [5.41, 5.74) is 3.24. The lowest BCUT2D eigenvalue weighted by Crippen LogP contribution is -2.32. The molecule has 0 radical (unpaired) electrons. The number of rotatable bonds is 3. The molecule has 1 aromatic carbocycles. The van der Waals surface area contributed by atoms with E-state index in [9.17, 15) is 4.79 Å². The van der Waals surface area contributed by atoms with Gasteiger partial charge in [0.15, 0.2) is 0 Å². The number of fused-ring (bicyclic) bond motifs is 3. The summed E-state index contributed by atoms with van der Waals surface area (Å²) >= 11 is 0. The van der Waals surface area contributed by atoms with Crippen molar-refractivity contribution in [1.29, 1.82) is 0 Å². The molecule has 1 amide bonds. The second kappa shape index (κ2) is 4.87. The smallest absolute Gasteiger partial charge is 0.253 e. The van der Waals surface area contributed by atoms with Crippen LogP contribution in [0.15, 0.2) is 18.2 Å². The molecule has 3 nitrogen and oxygen atoms in total. The summed E-state index contributed by atoms with van der Waals surface area (Å²) in [5.74, 6) is 0.671. The molecule has 3 heteroatoms. The summed E-state index contributed by atoms with van der Waals surface area (Å²) in [6.07, 6.45) is 4.73. The second-order valence-corrected chi connectivity index (χ2v) is 5.84. The van der Waals surface area contributed by atoms with Gasteiger partial charge in [-0.05, 0) is 37.8 Å². The zero-order chi connectivity index (χ0) is 13.4. The number of carbonyl (C=O) groups excluding carboxylic acids is 1. The van der Waals surface area contributed by atoms with Crippen molar-refractivity contribution in [2.24, 2.45) is 0 Å². The van der Waals surface area contributed by atoms with Crippen LogP contribution in [0.2, 0.25) is 0 Å². The molecule has 1 aliphatic heterocycles. The van der Waals surface area contributed by atoms with Crippen LogP contribution in [-0.2, 0) is 0 Å². The van der Waals surface area contributed by atoms with E-state index in [2.05, 4.69) is 23.6 Å². The van der Waals surface area contributed by atoms with Crippen LogP contribution in [0.25, 0.3) is 0 Å². The third-order valence-electron chi connectivity index (χ3n) is 4.58. The monoisotopic (exact) mass is 258 g/mol. The summed E-state index contributed by atoms with van der Waals surface area (Å²) in [5, 5.41) is 6.64. The van der Waals surface area contributed by atoms with Crippen molar-refractivity contribution in [3.8, 4) is 0 Å². The summed E-state index contributed by atoms with van der Waals surface area (Å²) in [6, 6.07) is 6.91. The summed E-state index contributed by atoms with van der Waals surface area (Å²) in [4.78, 5) is 12.3. The van der Waals surface area contributed by atoms with Crippen LogP contribution in [-0.4, -0.2) is 18.0 Å². The molecule has 1 saturated carbocycles. The molecule has 0 saturated heterocycles. The van der Waals surface area contributed by atoms with Gasteiger partial charge >= 0.3 is 0 Å². The Bertz CT molecular complexity index is 498. The molecular weight excluding hydrogens is 236 g/mol. The minimum Gasteiger partial charge on any atom is -0.381 e. The standard InChI is InChI=1S/C16H22N2O/c1-3-10(2)17-16(19)13-8-4-7-12-11-6-5-9-14(11)18-15(12)13/h4,7-8,10-11,14,18H,3,5-6,9H2,1-2H3,(H,17,19)/t10-,11?,14?/m1/s1. The second-order valence-electron chi connectivity index (χ2n) is 5.84. The first-order chi connectivity index (χ1) is 9.20. The first-order valence-corrected chi connectivity index (χ1v) is 7.41. The SMILES string of the molecule is CC[C@@H](C)NC(=O)c1cccc2c1NC1CCCC21. The van der Waals surface area contributed by atoms with Gasteiger partial charge in [0, 0.05) is 18.0 Å². The van der Waals surface area contributed by atoms with Crippen molar-refractivity contribution >= 4 is 11.6 Å². The minimum absolute atomic E-state index is 0.0543. The van der Waals surface area contributed by atoms with Crippen LogP contribution in [0.3, 0.4) is 0 Å². The molecule has 1 fully saturated rings. The number of nitrogens with one attached hydrogen (secondary N) is 2. The highest BCUT2D eigenvalue weighted by atomic mass is 16.1. The zero-order valence-corrected chi connectivity index (χ0v) is 11.7. The van der Waals surface area contributed by atoms with E-state index in [1.54, 1.807) is 0 Å². The molecule has 1 heterocycles. The highest BCUT2D eigenvalue weighted by Crippen LogP contribution is 2.46. The van der Waals surface area contributed by atoms with Crippen LogP contribution < -0.4 is 10.6 Å². The number of hydrogen-bond donors (Lipinski definition) is 2. The number of carbonyl (C=O) groups is 1. The molecule has 1 aromatic rings. The first-order valence-electron chi connectivity index (χ1n) is 7.41. The van der Waals surface area contributed by atoms with Crippen LogP contribution >= 0.6 is 0 Å². The topological polar surface area (TPSA) is 41.1 Å². The number of anilines is 1. The number of para-hydroxylation sites is 1. The predicted octanol–water partition coefficient (Wildman–Crippen LogP) is 3.28. The molecule has 0 spiro atoms. The van der Waals surface area contributed by atoms with Crippen molar-refractivity contribution in [3.05, 3.63) is 29.3 Å². The highest BCUT2D eigenvalue weighted by molar-refractivity contribution is 6.01. The Balaban J connectivity index is 1.88. The normalized spacial score (nSPS) is 25.4. The fraction of sp³-hybridized carbons (Fsp3) is 0.562. The van der Waals surface area contributed by atoms with E-state index < -0.39 is 0 Å². The third-order valence-corrected chi connectivity index (χ3v) is 4.58. The fourth-order valence-electron chi connectivity index (χ4n) is 3.32. The molecule has 0 bridgehead atoms. The van der Waals surface area contributed by atoms with E-state index in [0.717, 1.165) is 17.7 Å². The van der Waals surface area contributed by atoms with Gasteiger partial charge in [-0.3, -0.25) is 4.79 Å². The molecule has 3 rings (SSSR count). The van der Waals surface area contributed by atoms with Crippen LogP contribution in [0.1, 0.15) is 61.4 Å². The van der Waals surface area contributed by atoms with Gasteiger partial charge in [0.2, 0.25) is 0 Å². The first kappa shape index (κ1) is 12.5. The Kier molecular flexibility index (Phi) is 3.21.